The fourth-order valence-corrected chi connectivity index (χ4v) is 6.69. The van der Waals surface area contributed by atoms with E-state index in [2.05, 4.69) is 122 Å². The number of hydrogen-bond donors (Lipinski definition) is 3. The maximum absolute atomic E-state index is 11.6. The Balaban J connectivity index is 1.29. The van der Waals surface area contributed by atoms with E-state index in [0.29, 0.717) is 6.54 Å². The molecule has 0 radical (unpaired) electrons. The number of rotatable bonds is 8. The summed E-state index contributed by atoms with van der Waals surface area (Å²) in [5.74, 6) is 0. The van der Waals surface area contributed by atoms with Gasteiger partial charge in [0.05, 0.1) is 17.8 Å². The minimum Gasteiger partial charge on any atom is -0.385 e. The van der Waals surface area contributed by atoms with Gasteiger partial charge in [-0.15, -0.1) is 0 Å². The van der Waals surface area contributed by atoms with Crippen molar-refractivity contribution in [3.8, 4) is 22.4 Å². The third kappa shape index (κ3) is 5.62. The topological polar surface area (TPSA) is 34.0 Å². The highest BCUT2D eigenvalue weighted by atomic mass is 16.3. The van der Waals surface area contributed by atoms with Crippen LogP contribution in [0.4, 0.5) is 0 Å². The van der Waals surface area contributed by atoms with Crippen LogP contribution in [0.1, 0.15) is 16.7 Å². The molecule has 0 bridgehead atoms. The summed E-state index contributed by atoms with van der Waals surface area (Å²) in [6.07, 6.45) is -0.423. The summed E-state index contributed by atoms with van der Waals surface area (Å²) >= 11 is 0. The predicted molar refractivity (Wildman–Crippen MR) is 165 cm³/mol. The first kappa shape index (κ1) is 26.5. The molecule has 204 valence electrons. The highest BCUT2D eigenvalue weighted by Gasteiger charge is 2.27. The number of fused-ring (bicyclic) bond motifs is 1. The Labute approximate surface area is 238 Å². The number of aliphatic hydroxyl groups is 1. The highest BCUT2D eigenvalue weighted by Crippen LogP contribution is 2.42. The fourth-order valence-electron chi connectivity index (χ4n) is 6.69. The van der Waals surface area contributed by atoms with Crippen molar-refractivity contribution in [3.05, 3.63) is 120 Å². The maximum atomic E-state index is 11.6. The lowest BCUT2D eigenvalue weighted by Crippen LogP contribution is -3.28. The Bertz CT molecular complexity index is 1550. The van der Waals surface area contributed by atoms with Gasteiger partial charge in [-0.05, 0) is 36.6 Å². The van der Waals surface area contributed by atoms with Gasteiger partial charge in [0.25, 0.3) is 0 Å². The molecule has 5 aromatic rings. The van der Waals surface area contributed by atoms with Gasteiger partial charge in [0.15, 0.2) is 0 Å². The van der Waals surface area contributed by atoms with Crippen molar-refractivity contribution in [1.29, 1.82) is 0 Å². The molecule has 40 heavy (non-hydrogen) atoms. The third-order valence-electron chi connectivity index (χ3n) is 8.48. The van der Waals surface area contributed by atoms with E-state index in [1.165, 1.54) is 54.9 Å². The van der Waals surface area contributed by atoms with Gasteiger partial charge in [-0.2, -0.15) is 0 Å². The van der Waals surface area contributed by atoms with Crippen molar-refractivity contribution in [3.63, 3.8) is 0 Å². The average molecular weight is 532 g/mol. The maximum Gasteiger partial charge on any atom is 0.127 e. The van der Waals surface area contributed by atoms with Crippen molar-refractivity contribution < 1.29 is 14.9 Å². The molecule has 1 atom stereocenters. The lowest BCUT2D eigenvalue weighted by molar-refractivity contribution is -1.02. The van der Waals surface area contributed by atoms with Crippen molar-refractivity contribution in [2.24, 2.45) is 0 Å². The van der Waals surface area contributed by atoms with Crippen LogP contribution in [0, 0.1) is 13.8 Å². The number of hydrogen-bond acceptors (Lipinski definition) is 1. The Morgan fingerprint density at radius 1 is 0.725 bits per heavy atom. The monoisotopic (exact) mass is 531 g/mol. The summed E-state index contributed by atoms with van der Waals surface area (Å²) in [5.41, 5.74) is 10.0. The summed E-state index contributed by atoms with van der Waals surface area (Å²) in [6.45, 7) is 11.3. The zero-order valence-corrected chi connectivity index (χ0v) is 23.7. The Morgan fingerprint density at radius 3 is 1.95 bits per heavy atom. The van der Waals surface area contributed by atoms with E-state index in [1.54, 1.807) is 4.90 Å². The lowest BCUT2D eigenvalue weighted by Gasteiger charge is -2.31. The predicted octanol–water partition coefficient (Wildman–Crippen LogP) is 3.94. The molecule has 1 aliphatic heterocycles. The van der Waals surface area contributed by atoms with E-state index < -0.39 is 6.10 Å². The second-order valence-corrected chi connectivity index (χ2v) is 11.6. The van der Waals surface area contributed by atoms with Crippen molar-refractivity contribution in [1.82, 2.24) is 4.57 Å². The zero-order valence-electron chi connectivity index (χ0n) is 23.7. The number of aromatic nitrogens is 1. The van der Waals surface area contributed by atoms with Gasteiger partial charge in [0.1, 0.15) is 45.4 Å². The van der Waals surface area contributed by atoms with E-state index in [9.17, 15) is 5.11 Å². The average Bonchev–Trinajstić information content (AvgIpc) is 3.29. The molecular weight excluding hydrogens is 490 g/mol. The van der Waals surface area contributed by atoms with Gasteiger partial charge in [-0.3, -0.25) is 0 Å². The summed E-state index contributed by atoms with van der Waals surface area (Å²) < 4.78 is 2.41. The molecule has 0 saturated carbocycles. The van der Waals surface area contributed by atoms with Crippen molar-refractivity contribution in [2.45, 2.75) is 33.0 Å². The number of quaternary nitrogens is 2. The molecule has 4 heteroatoms. The molecular formula is C36H41N3O+2. The summed E-state index contributed by atoms with van der Waals surface area (Å²) in [7, 11) is 0. The molecule has 1 aromatic heterocycles. The molecule has 1 fully saturated rings. The minimum atomic E-state index is -0.423. The Hall–Kier alpha value is -3.70. The van der Waals surface area contributed by atoms with E-state index in [-0.39, 0.29) is 0 Å². The van der Waals surface area contributed by atoms with Gasteiger partial charge in [-0.25, -0.2) is 0 Å². The van der Waals surface area contributed by atoms with E-state index in [4.69, 9.17) is 0 Å². The second kappa shape index (κ2) is 11.8. The molecule has 2 heterocycles. The van der Waals surface area contributed by atoms with Gasteiger partial charge < -0.3 is 19.5 Å². The first-order chi connectivity index (χ1) is 19.6. The van der Waals surface area contributed by atoms with E-state index in [0.717, 1.165) is 39.3 Å². The molecule has 1 aliphatic rings. The first-order valence-electron chi connectivity index (χ1n) is 14.7. The number of nitrogens with zero attached hydrogens (tertiary/aromatic N) is 1. The summed E-state index contributed by atoms with van der Waals surface area (Å²) in [6, 6.07) is 36.8. The quantitative estimate of drug-likeness (QED) is 0.279. The number of piperazine rings is 1. The number of nitrogens with one attached hydrogen (secondary N) is 2. The second-order valence-electron chi connectivity index (χ2n) is 11.6. The van der Waals surface area contributed by atoms with Crippen LogP contribution in [0.25, 0.3) is 33.3 Å². The number of aliphatic hydroxyl groups excluding tert-OH is 1. The zero-order chi connectivity index (χ0) is 27.5. The van der Waals surface area contributed by atoms with Crippen LogP contribution in [-0.2, 0) is 13.1 Å². The van der Waals surface area contributed by atoms with E-state index in [1.807, 2.05) is 0 Å². The Morgan fingerprint density at radius 2 is 1.30 bits per heavy atom. The van der Waals surface area contributed by atoms with Crippen LogP contribution < -0.4 is 9.80 Å². The van der Waals surface area contributed by atoms with Crippen LogP contribution >= 0.6 is 0 Å². The molecule has 0 spiro atoms. The lowest BCUT2D eigenvalue weighted by atomic mass is 9.97. The minimum absolute atomic E-state index is 0.423. The Kier molecular flexibility index (Phi) is 7.83. The van der Waals surface area contributed by atoms with Crippen LogP contribution in [0.3, 0.4) is 0 Å². The molecule has 0 amide bonds. The normalized spacial score (nSPS) is 18.2. The highest BCUT2D eigenvalue weighted by molar-refractivity contribution is 6.06. The molecule has 0 unspecified atom stereocenters. The van der Waals surface area contributed by atoms with Crippen molar-refractivity contribution >= 4 is 10.9 Å². The van der Waals surface area contributed by atoms with Gasteiger partial charge in [0.2, 0.25) is 0 Å². The summed E-state index contributed by atoms with van der Waals surface area (Å²) in [5, 5.41) is 12.8. The first-order valence-corrected chi connectivity index (χ1v) is 14.7. The van der Waals surface area contributed by atoms with Crippen LogP contribution in [0.5, 0.6) is 0 Å². The smallest absolute Gasteiger partial charge is 0.127 e. The van der Waals surface area contributed by atoms with Crippen LogP contribution in [0.15, 0.2) is 103 Å². The third-order valence-corrected chi connectivity index (χ3v) is 8.48. The summed E-state index contributed by atoms with van der Waals surface area (Å²) in [4.78, 5) is 3.16. The molecule has 6 rings (SSSR count). The molecule has 4 nitrogen and oxygen atoms in total. The van der Waals surface area contributed by atoms with Gasteiger partial charge >= 0.3 is 0 Å². The molecule has 4 aromatic carbocycles. The van der Waals surface area contributed by atoms with Gasteiger partial charge in [-0.1, -0.05) is 103 Å². The van der Waals surface area contributed by atoms with Crippen LogP contribution in [0.2, 0.25) is 0 Å². The van der Waals surface area contributed by atoms with E-state index >= 15 is 0 Å². The molecule has 0 aliphatic carbocycles. The number of aryl methyl sites for hydroxylation is 2. The fraction of sp³-hybridized carbons (Fsp3) is 0.278. The molecule has 3 N–H and O–H groups in total. The number of benzene rings is 4. The standard InChI is InChI=1S/C36H39N3O/c1-27-22-28(2)35-33(23-27)34(30-14-8-4-9-15-30)36(31-16-10-5-11-17-31)39(35)26-32(40)25-38-20-18-37(19-21-38)24-29-12-6-3-7-13-29/h3-17,22-23,32,40H,18-21,24-26H2,1-2H3/p+2/t32-/m0/s1. The molecule has 1 saturated heterocycles. The SMILES string of the molecule is Cc1cc(C)c2c(c1)c(-c1ccccc1)c(-c1ccccc1)n2C[C@@H](O)C[NH+]1CC[NH+](Cc2ccccc2)CC1. The van der Waals surface area contributed by atoms with Gasteiger partial charge in [0, 0.05) is 16.5 Å². The largest absolute Gasteiger partial charge is 0.385 e. The van der Waals surface area contributed by atoms with Crippen LogP contribution in [-0.4, -0.2) is 48.5 Å². The van der Waals surface area contributed by atoms with Crippen molar-refractivity contribution in [2.75, 3.05) is 32.7 Å².